The van der Waals surface area contributed by atoms with Gasteiger partial charge in [0.25, 0.3) is 0 Å². The van der Waals surface area contributed by atoms with Crippen molar-refractivity contribution in [2.24, 2.45) is 0 Å². The van der Waals surface area contributed by atoms with Crippen molar-refractivity contribution in [3.05, 3.63) is 41.0 Å². The normalized spacial score (nSPS) is 12.6. The third-order valence-electron chi connectivity index (χ3n) is 3.09. The Morgan fingerprint density at radius 3 is 2.38 bits per heavy atom. The lowest BCUT2D eigenvalue weighted by atomic mass is 9.97. The second-order valence-electron chi connectivity index (χ2n) is 6.29. The molecule has 21 heavy (non-hydrogen) atoms. The third-order valence-corrected chi connectivity index (χ3v) is 4.86. The van der Waals surface area contributed by atoms with Gasteiger partial charge in [-0.15, -0.1) is 0 Å². The molecule has 0 aliphatic carbocycles. The molecule has 0 N–H and O–H groups in total. The number of benzene rings is 1. The van der Waals surface area contributed by atoms with Gasteiger partial charge in [0.15, 0.2) is 15.7 Å². The first-order valence-corrected chi connectivity index (χ1v) is 8.38. The number of sulfone groups is 1. The molecular weight excluding hydrogens is 288 g/mol. The number of aryl methyl sites for hydroxylation is 2. The first kappa shape index (κ1) is 15.7. The molecule has 0 unspecified atom stereocenters. The summed E-state index contributed by atoms with van der Waals surface area (Å²) in [5, 5.41) is 3.78. The van der Waals surface area contributed by atoms with Crippen molar-refractivity contribution in [2.75, 3.05) is 0 Å². The molecule has 6 heteroatoms. The molecule has 2 rings (SSSR count). The fraction of sp³-hybridized carbons (Fsp3) is 0.467. The number of nitrogens with zero attached hydrogens (tertiary/aromatic N) is 2. The van der Waals surface area contributed by atoms with Crippen LogP contribution in [-0.2, 0) is 21.0 Å². The van der Waals surface area contributed by atoms with Gasteiger partial charge in [-0.1, -0.05) is 43.6 Å². The summed E-state index contributed by atoms with van der Waals surface area (Å²) in [5.41, 5.74) is 1.46. The van der Waals surface area contributed by atoms with Crippen LogP contribution < -0.4 is 0 Å². The van der Waals surface area contributed by atoms with Gasteiger partial charge in [0, 0.05) is 5.41 Å². The van der Waals surface area contributed by atoms with Crippen LogP contribution in [-0.4, -0.2) is 18.6 Å². The minimum absolute atomic E-state index is 0.194. The summed E-state index contributed by atoms with van der Waals surface area (Å²) in [6.45, 7) is 9.52. The molecule has 0 saturated heterocycles. The van der Waals surface area contributed by atoms with Gasteiger partial charge in [-0.3, -0.25) is 0 Å². The standard InChI is InChI=1S/C15H20N2O3S/c1-10-6-7-12(11(2)8-10)21(18,19)9-13-16-14(20-17-13)15(3,4)5/h6-8H,9H2,1-5H3. The first-order valence-electron chi connectivity index (χ1n) is 6.73. The summed E-state index contributed by atoms with van der Waals surface area (Å²) >= 11 is 0. The Labute approximate surface area is 125 Å². The van der Waals surface area contributed by atoms with Crippen molar-refractivity contribution in [3.63, 3.8) is 0 Å². The molecule has 0 saturated carbocycles. The highest BCUT2D eigenvalue weighted by atomic mass is 32.2. The van der Waals surface area contributed by atoms with Crippen LogP contribution in [0.2, 0.25) is 0 Å². The second kappa shape index (κ2) is 5.26. The van der Waals surface area contributed by atoms with Crippen LogP contribution in [0.5, 0.6) is 0 Å². The lowest BCUT2D eigenvalue weighted by Gasteiger charge is -2.10. The van der Waals surface area contributed by atoms with E-state index in [0.29, 0.717) is 10.8 Å². The Kier molecular flexibility index (Phi) is 3.93. The summed E-state index contributed by atoms with van der Waals surface area (Å²) < 4.78 is 30.1. The van der Waals surface area contributed by atoms with Crippen LogP contribution in [0.1, 0.15) is 43.6 Å². The summed E-state index contributed by atoms with van der Waals surface area (Å²) in [7, 11) is -3.48. The highest BCUT2D eigenvalue weighted by molar-refractivity contribution is 7.90. The van der Waals surface area contributed by atoms with Crippen molar-refractivity contribution in [1.82, 2.24) is 10.1 Å². The molecule has 1 aromatic carbocycles. The van der Waals surface area contributed by atoms with E-state index < -0.39 is 9.84 Å². The molecule has 0 amide bonds. The van der Waals surface area contributed by atoms with Gasteiger partial charge >= 0.3 is 0 Å². The van der Waals surface area contributed by atoms with Crippen LogP contribution in [0.25, 0.3) is 0 Å². The van der Waals surface area contributed by atoms with Gasteiger partial charge in [0.05, 0.1) is 4.90 Å². The fourth-order valence-electron chi connectivity index (χ4n) is 2.01. The van der Waals surface area contributed by atoms with Crippen molar-refractivity contribution in [3.8, 4) is 0 Å². The second-order valence-corrected chi connectivity index (χ2v) is 8.25. The van der Waals surface area contributed by atoms with Gasteiger partial charge in [0.2, 0.25) is 5.89 Å². The lowest BCUT2D eigenvalue weighted by Crippen LogP contribution is -2.12. The van der Waals surface area contributed by atoms with Crippen LogP contribution in [0.3, 0.4) is 0 Å². The smallest absolute Gasteiger partial charge is 0.232 e. The van der Waals surface area contributed by atoms with E-state index in [4.69, 9.17) is 4.52 Å². The quantitative estimate of drug-likeness (QED) is 0.871. The van der Waals surface area contributed by atoms with Gasteiger partial charge in [-0.25, -0.2) is 8.42 Å². The minimum Gasteiger partial charge on any atom is -0.339 e. The molecule has 0 atom stereocenters. The fourth-order valence-corrected chi connectivity index (χ4v) is 3.45. The largest absolute Gasteiger partial charge is 0.339 e. The van der Waals surface area contributed by atoms with Gasteiger partial charge < -0.3 is 4.52 Å². The van der Waals surface area contributed by atoms with E-state index in [-0.39, 0.29) is 17.0 Å². The van der Waals surface area contributed by atoms with E-state index in [1.807, 2.05) is 33.8 Å². The molecule has 2 aromatic rings. The SMILES string of the molecule is Cc1ccc(S(=O)(=O)Cc2noc(C(C)(C)C)n2)c(C)c1. The molecule has 114 valence electrons. The maximum absolute atomic E-state index is 12.5. The van der Waals surface area contributed by atoms with Gasteiger partial charge in [0.1, 0.15) is 5.75 Å². The van der Waals surface area contributed by atoms with Crippen molar-refractivity contribution < 1.29 is 12.9 Å². The van der Waals surface area contributed by atoms with Crippen molar-refractivity contribution in [2.45, 2.75) is 50.7 Å². The third kappa shape index (κ3) is 3.50. The van der Waals surface area contributed by atoms with E-state index >= 15 is 0 Å². The Bertz CT molecular complexity index is 755. The monoisotopic (exact) mass is 308 g/mol. The average molecular weight is 308 g/mol. The first-order chi connectivity index (χ1) is 9.59. The predicted octanol–water partition coefficient (Wildman–Crippen LogP) is 2.96. The van der Waals surface area contributed by atoms with Crippen LogP contribution >= 0.6 is 0 Å². The predicted molar refractivity (Wildman–Crippen MR) is 79.8 cm³/mol. The molecule has 0 spiro atoms. The maximum atomic E-state index is 12.5. The van der Waals surface area contributed by atoms with Crippen molar-refractivity contribution >= 4 is 9.84 Å². The van der Waals surface area contributed by atoms with E-state index in [1.54, 1.807) is 19.1 Å². The summed E-state index contributed by atoms with van der Waals surface area (Å²) in [5.74, 6) is 0.379. The summed E-state index contributed by atoms with van der Waals surface area (Å²) in [4.78, 5) is 4.50. The summed E-state index contributed by atoms with van der Waals surface area (Å²) in [6.07, 6.45) is 0. The topological polar surface area (TPSA) is 73.1 Å². The highest BCUT2D eigenvalue weighted by Gasteiger charge is 2.25. The Morgan fingerprint density at radius 1 is 1.19 bits per heavy atom. The Hall–Kier alpha value is -1.69. The van der Waals surface area contributed by atoms with Crippen LogP contribution in [0.4, 0.5) is 0 Å². The van der Waals surface area contributed by atoms with Gasteiger partial charge in [-0.2, -0.15) is 4.98 Å². The highest BCUT2D eigenvalue weighted by Crippen LogP contribution is 2.23. The summed E-state index contributed by atoms with van der Waals surface area (Å²) in [6, 6.07) is 5.27. The zero-order valence-electron chi connectivity index (χ0n) is 13.0. The average Bonchev–Trinajstić information content (AvgIpc) is 2.75. The maximum Gasteiger partial charge on any atom is 0.232 e. The molecule has 0 bridgehead atoms. The molecule has 0 aliphatic rings. The number of hydrogen-bond donors (Lipinski definition) is 0. The zero-order chi connectivity index (χ0) is 15.8. The molecule has 1 aromatic heterocycles. The van der Waals surface area contributed by atoms with Crippen LogP contribution in [0.15, 0.2) is 27.6 Å². The van der Waals surface area contributed by atoms with E-state index in [0.717, 1.165) is 11.1 Å². The molecule has 0 radical (unpaired) electrons. The molecule has 0 fully saturated rings. The number of rotatable bonds is 3. The number of hydrogen-bond acceptors (Lipinski definition) is 5. The van der Waals surface area contributed by atoms with Gasteiger partial charge in [-0.05, 0) is 25.5 Å². The van der Waals surface area contributed by atoms with Crippen molar-refractivity contribution in [1.29, 1.82) is 0 Å². The van der Waals surface area contributed by atoms with Crippen LogP contribution in [0, 0.1) is 13.8 Å². The molecule has 5 nitrogen and oxygen atoms in total. The zero-order valence-corrected chi connectivity index (χ0v) is 13.8. The molecular formula is C15H20N2O3S. The lowest BCUT2D eigenvalue weighted by molar-refractivity contribution is 0.319. The molecule has 1 heterocycles. The Balaban J connectivity index is 2.31. The van der Waals surface area contributed by atoms with E-state index in [9.17, 15) is 8.42 Å². The molecule has 0 aliphatic heterocycles. The van der Waals surface area contributed by atoms with E-state index in [1.165, 1.54) is 0 Å². The van der Waals surface area contributed by atoms with E-state index in [2.05, 4.69) is 10.1 Å². The number of aromatic nitrogens is 2. The minimum atomic E-state index is -3.48. The Morgan fingerprint density at radius 2 is 1.86 bits per heavy atom.